The van der Waals surface area contributed by atoms with Gasteiger partial charge in [0.15, 0.2) is 5.82 Å². The van der Waals surface area contributed by atoms with Crippen LogP contribution in [0.25, 0.3) is 11.4 Å². The molecule has 0 saturated heterocycles. The number of carbonyl (C=O) groups is 1. The van der Waals surface area contributed by atoms with E-state index < -0.39 is 0 Å². The van der Waals surface area contributed by atoms with Crippen LogP contribution in [0.5, 0.6) is 5.75 Å². The van der Waals surface area contributed by atoms with Crippen molar-refractivity contribution in [2.24, 2.45) is 0 Å². The molecule has 2 aromatic carbocycles. The fourth-order valence-corrected chi connectivity index (χ4v) is 2.13. The molecule has 1 heterocycles. The maximum absolute atomic E-state index is 10.7. The Morgan fingerprint density at radius 1 is 1.09 bits per heavy atom. The SMILES string of the molecule is COc1ccc(Cn2nnnc2-c2ccc(C=O)cc2)cc1. The Morgan fingerprint density at radius 2 is 1.82 bits per heavy atom. The number of aldehydes is 1. The first-order valence-electron chi connectivity index (χ1n) is 6.75. The lowest BCUT2D eigenvalue weighted by Crippen LogP contribution is -2.04. The molecule has 22 heavy (non-hydrogen) atoms. The first-order chi connectivity index (χ1) is 10.8. The van der Waals surface area contributed by atoms with Crippen LogP contribution in [0.4, 0.5) is 0 Å². The molecule has 0 amide bonds. The summed E-state index contributed by atoms with van der Waals surface area (Å²) in [6, 6.07) is 14.9. The van der Waals surface area contributed by atoms with Gasteiger partial charge in [-0.2, -0.15) is 0 Å². The van der Waals surface area contributed by atoms with E-state index in [1.807, 2.05) is 36.4 Å². The van der Waals surface area contributed by atoms with Crippen LogP contribution in [0.3, 0.4) is 0 Å². The molecule has 0 aliphatic carbocycles. The van der Waals surface area contributed by atoms with Crippen LogP contribution in [0.1, 0.15) is 15.9 Å². The first-order valence-corrected chi connectivity index (χ1v) is 6.75. The molecule has 110 valence electrons. The summed E-state index contributed by atoms with van der Waals surface area (Å²) >= 11 is 0. The van der Waals surface area contributed by atoms with Crippen LogP contribution in [0, 0.1) is 0 Å². The van der Waals surface area contributed by atoms with Gasteiger partial charge in [-0.15, -0.1) is 5.10 Å². The predicted molar refractivity (Wildman–Crippen MR) is 80.7 cm³/mol. The zero-order valence-corrected chi connectivity index (χ0v) is 12.0. The van der Waals surface area contributed by atoms with E-state index in [9.17, 15) is 4.79 Å². The number of aromatic nitrogens is 4. The van der Waals surface area contributed by atoms with Gasteiger partial charge in [-0.05, 0) is 28.1 Å². The minimum Gasteiger partial charge on any atom is -0.497 e. The molecule has 6 heteroatoms. The van der Waals surface area contributed by atoms with Crippen molar-refractivity contribution in [2.45, 2.75) is 6.54 Å². The molecule has 0 N–H and O–H groups in total. The number of hydrogen-bond donors (Lipinski definition) is 0. The smallest absolute Gasteiger partial charge is 0.182 e. The largest absolute Gasteiger partial charge is 0.497 e. The minimum absolute atomic E-state index is 0.557. The Morgan fingerprint density at radius 3 is 2.45 bits per heavy atom. The predicted octanol–water partition coefficient (Wildman–Crippen LogP) is 2.21. The van der Waals surface area contributed by atoms with Crippen molar-refractivity contribution in [1.82, 2.24) is 20.2 Å². The van der Waals surface area contributed by atoms with E-state index >= 15 is 0 Å². The molecular weight excluding hydrogens is 280 g/mol. The van der Waals surface area contributed by atoms with Crippen molar-refractivity contribution in [3.8, 4) is 17.1 Å². The van der Waals surface area contributed by atoms with Crippen LogP contribution in [-0.4, -0.2) is 33.6 Å². The molecule has 0 unspecified atom stereocenters. The van der Waals surface area contributed by atoms with E-state index in [1.165, 1.54) is 0 Å². The summed E-state index contributed by atoms with van der Waals surface area (Å²) in [5, 5.41) is 11.8. The summed E-state index contributed by atoms with van der Waals surface area (Å²) in [5.74, 6) is 1.47. The zero-order valence-electron chi connectivity index (χ0n) is 12.0. The topological polar surface area (TPSA) is 69.9 Å². The second-order valence-corrected chi connectivity index (χ2v) is 4.75. The Balaban J connectivity index is 1.85. The van der Waals surface area contributed by atoms with Gasteiger partial charge in [0.25, 0.3) is 0 Å². The van der Waals surface area contributed by atoms with E-state index in [0.29, 0.717) is 17.9 Å². The monoisotopic (exact) mass is 294 g/mol. The fraction of sp³-hybridized carbons (Fsp3) is 0.125. The van der Waals surface area contributed by atoms with Crippen LogP contribution >= 0.6 is 0 Å². The second-order valence-electron chi connectivity index (χ2n) is 4.75. The Hall–Kier alpha value is -3.02. The van der Waals surface area contributed by atoms with Gasteiger partial charge in [0.1, 0.15) is 12.0 Å². The highest BCUT2D eigenvalue weighted by Gasteiger charge is 2.09. The summed E-state index contributed by atoms with van der Waals surface area (Å²) in [6.45, 7) is 0.557. The van der Waals surface area contributed by atoms with Gasteiger partial charge in [0.2, 0.25) is 0 Å². The number of carbonyl (C=O) groups excluding carboxylic acids is 1. The third kappa shape index (κ3) is 2.85. The standard InChI is InChI=1S/C16H14N4O2/c1-22-15-8-4-12(5-9-15)10-20-16(17-18-19-20)14-6-2-13(11-21)3-7-14/h2-9,11H,10H2,1H3. The molecule has 0 spiro atoms. The van der Waals surface area contributed by atoms with Crippen LogP contribution in [0.15, 0.2) is 48.5 Å². The third-order valence-corrected chi connectivity index (χ3v) is 3.33. The molecule has 1 aromatic heterocycles. The highest BCUT2D eigenvalue weighted by Crippen LogP contribution is 2.18. The van der Waals surface area contributed by atoms with E-state index in [1.54, 1.807) is 23.9 Å². The number of rotatable bonds is 5. The zero-order chi connectivity index (χ0) is 15.4. The van der Waals surface area contributed by atoms with E-state index in [2.05, 4.69) is 15.5 Å². The van der Waals surface area contributed by atoms with Gasteiger partial charge in [0.05, 0.1) is 13.7 Å². The number of nitrogens with zero attached hydrogens (tertiary/aromatic N) is 4. The maximum atomic E-state index is 10.7. The van der Waals surface area contributed by atoms with Crippen LogP contribution in [0.2, 0.25) is 0 Å². The molecular formula is C16H14N4O2. The van der Waals surface area contributed by atoms with E-state index in [4.69, 9.17) is 4.74 Å². The third-order valence-electron chi connectivity index (χ3n) is 3.33. The number of hydrogen-bond acceptors (Lipinski definition) is 5. The van der Waals surface area contributed by atoms with Crippen molar-refractivity contribution < 1.29 is 9.53 Å². The molecule has 6 nitrogen and oxygen atoms in total. The van der Waals surface area contributed by atoms with Crippen LogP contribution < -0.4 is 4.74 Å². The lowest BCUT2D eigenvalue weighted by atomic mass is 10.1. The van der Waals surface area contributed by atoms with Crippen molar-refractivity contribution in [3.63, 3.8) is 0 Å². The summed E-state index contributed by atoms with van der Waals surface area (Å²) in [4.78, 5) is 10.7. The van der Waals surface area contributed by atoms with Gasteiger partial charge < -0.3 is 4.74 Å². The molecule has 0 fully saturated rings. The van der Waals surface area contributed by atoms with Crippen molar-refractivity contribution in [3.05, 3.63) is 59.7 Å². The number of methoxy groups -OCH3 is 1. The van der Waals surface area contributed by atoms with Gasteiger partial charge in [-0.1, -0.05) is 36.4 Å². The van der Waals surface area contributed by atoms with Gasteiger partial charge in [-0.3, -0.25) is 4.79 Å². The number of benzene rings is 2. The number of ether oxygens (including phenoxy) is 1. The average Bonchev–Trinajstić information content (AvgIpc) is 3.04. The molecule has 3 aromatic rings. The second kappa shape index (κ2) is 6.17. The lowest BCUT2D eigenvalue weighted by molar-refractivity contribution is 0.112. The fourth-order valence-electron chi connectivity index (χ4n) is 2.13. The Kier molecular flexibility index (Phi) is 3.91. The summed E-state index contributed by atoms with van der Waals surface area (Å²) in [5.41, 5.74) is 2.56. The van der Waals surface area contributed by atoms with Crippen molar-refractivity contribution in [1.29, 1.82) is 0 Å². The molecule has 0 radical (unpaired) electrons. The Labute approximate surface area is 127 Å². The summed E-state index contributed by atoms with van der Waals surface area (Å²) in [6.07, 6.45) is 0.810. The summed E-state index contributed by atoms with van der Waals surface area (Å²) in [7, 11) is 1.64. The molecule has 0 saturated carbocycles. The Bertz CT molecular complexity index is 764. The number of tetrazole rings is 1. The van der Waals surface area contributed by atoms with Gasteiger partial charge in [0, 0.05) is 11.1 Å². The normalized spacial score (nSPS) is 10.4. The molecule has 3 rings (SSSR count). The molecule has 0 bridgehead atoms. The van der Waals surface area contributed by atoms with Crippen molar-refractivity contribution in [2.75, 3.05) is 7.11 Å². The lowest BCUT2D eigenvalue weighted by Gasteiger charge is -2.06. The van der Waals surface area contributed by atoms with Gasteiger partial charge >= 0.3 is 0 Å². The molecule has 0 aliphatic rings. The average molecular weight is 294 g/mol. The maximum Gasteiger partial charge on any atom is 0.182 e. The molecule has 0 aliphatic heterocycles. The van der Waals surface area contributed by atoms with Crippen LogP contribution in [-0.2, 0) is 6.54 Å². The highest BCUT2D eigenvalue weighted by molar-refractivity contribution is 5.76. The van der Waals surface area contributed by atoms with Gasteiger partial charge in [-0.25, -0.2) is 4.68 Å². The highest BCUT2D eigenvalue weighted by atomic mass is 16.5. The molecule has 0 atom stereocenters. The first kappa shape index (κ1) is 13.9. The quantitative estimate of drug-likeness (QED) is 0.675. The summed E-state index contributed by atoms with van der Waals surface area (Å²) < 4.78 is 6.86. The minimum atomic E-state index is 0.557. The van der Waals surface area contributed by atoms with Crippen molar-refractivity contribution >= 4 is 6.29 Å². The van der Waals surface area contributed by atoms with E-state index in [0.717, 1.165) is 23.2 Å². The van der Waals surface area contributed by atoms with E-state index in [-0.39, 0.29) is 0 Å².